The highest BCUT2D eigenvalue weighted by atomic mass is 16.3. The molecule has 2 aromatic rings. The maximum absolute atomic E-state index is 9.64. The van der Waals surface area contributed by atoms with E-state index in [0.717, 1.165) is 0 Å². The van der Waals surface area contributed by atoms with Gasteiger partial charge in [0.05, 0.1) is 0 Å². The second-order valence-electron chi connectivity index (χ2n) is 6.70. The Morgan fingerprint density at radius 2 is 1.09 bits per heavy atom. The molecule has 3 rings (SSSR count). The van der Waals surface area contributed by atoms with Crippen molar-refractivity contribution in [2.75, 3.05) is 0 Å². The molecule has 0 spiro atoms. The van der Waals surface area contributed by atoms with Crippen molar-refractivity contribution >= 4 is 0 Å². The smallest absolute Gasteiger partial charge is 0.115 e. The molecule has 2 unspecified atom stereocenters. The van der Waals surface area contributed by atoms with Gasteiger partial charge in [-0.3, -0.25) is 0 Å². The van der Waals surface area contributed by atoms with Gasteiger partial charge in [-0.25, -0.2) is 0 Å². The van der Waals surface area contributed by atoms with Crippen LogP contribution in [-0.4, -0.2) is 10.2 Å². The molecule has 2 heteroatoms. The summed E-state index contributed by atoms with van der Waals surface area (Å²) in [7, 11) is 0. The molecule has 0 heterocycles. The third kappa shape index (κ3) is 2.27. The lowest BCUT2D eigenvalue weighted by atomic mass is 9.55. The van der Waals surface area contributed by atoms with Gasteiger partial charge in [0.15, 0.2) is 0 Å². The number of phenols is 2. The third-order valence-corrected chi connectivity index (χ3v) is 5.52. The molecule has 0 amide bonds. The quantitative estimate of drug-likeness (QED) is 0.832. The number of aromatic hydroxyl groups is 2. The minimum absolute atomic E-state index is 0.0559. The zero-order chi connectivity index (χ0) is 15.7. The van der Waals surface area contributed by atoms with Crippen LogP contribution in [0.5, 0.6) is 11.5 Å². The summed E-state index contributed by atoms with van der Waals surface area (Å²) in [5.41, 5.74) is 2.46. The van der Waals surface area contributed by atoms with Crippen molar-refractivity contribution in [2.24, 2.45) is 11.8 Å². The molecule has 1 aliphatic carbocycles. The molecule has 2 N–H and O–H groups in total. The Hall–Kier alpha value is -1.96. The topological polar surface area (TPSA) is 40.5 Å². The number of hydrogen-bond donors (Lipinski definition) is 2. The number of phenolic OH excluding ortho intramolecular Hbond substituents is 2. The number of benzene rings is 2. The normalized spacial score (nSPS) is 24.1. The molecule has 116 valence electrons. The Kier molecular flexibility index (Phi) is 3.86. The standard InChI is InChI=1S/C20H24O2/c1-14-4-3-5-15(2)20(14,16-6-10-18(21)11-7-16)17-8-12-19(22)13-9-17/h6-15,21-22H,3-5H2,1-2H3. The Balaban J connectivity index is 2.21. The van der Waals surface area contributed by atoms with E-state index in [4.69, 9.17) is 0 Å². The molecule has 0 bridgehead atoms. The minimum atomic E-state index is -0.0559. The lowest BCUT2D eigenvalue weighted by Crippen LogP contribution is -2.44. The zero-order valence-electron chi connectivity index (χ0n) is 13.3. The highest BCUT2D eigenvalue weighted by Crippen LogP contribution is 2.52. The van der Waals surface area contributed by atoms with E-state index in [2.05, 4.69) is 38.1 Å². The van der Waals surface area contributed by atoms with Crippen LogP contribution in [0, 0.1) is 11.8 Å². The summed E-state index contributed by atoms with van der Waals surface area (Å²) in [5, 5.41) is 19.3. The predicted molar refractivity (Wildman–Crippen MR) is 89.2 cm³/mol. The number of rotatable bonds is 2. The van der Waals surface area contributed by atoms with Crippen LogP contribution in [0.25, 0.3) is 0 Å². The van der Waals surface area contributed by atoms with Crippen LogP contribution < -0.4 is 0 Å². The van der Waals surface area contributed by atoms with E-state index >= 15 is 0 Å². The monoisotopic (exact) mass is 296 g/mol. The van der Waals surface area contributed by atoms with Crippen LogP contribution >= 0.6 is 0 Å². The van der Waals surface area contributed by atoms with Gasteiger partial charge in [0.2, 0.25) is 0 Å². The van der Waals surface area contributed by atoms with E-state index in [9.17, 15) is 10.2 Å². The van der Waals surface area contributed by atoms with Crippen molar-refractivity contribution < 1.29 is 10.2 Å². The first-order valence-electron chi connectivity index (χ1n) is 8.14. The van der Waals surface area contributed by atoms with Crippen LogP contribution in [0.2, 0.25) is 0 Å². The molecule has 1 saturated carbocycles. The van der Waals surface area contributed by atoms with Crippen molar-refractivity contribution in [1.82, 2.24) is 0 Å². The summed E-state index contributed by atoms with van der Waals surface area (Å²) in [5.74, 6) is 1.65. The van der Waals surface area contributed by atoms with Gasteiger partial charge in [0.1, 0.15) is 11.5 Å². The van der Waals surface area contributed by atoms with Gasteiger partial charge in [-0.2, -0.15) is 0 Å². The van der Waals surface area contributed by atoms with Crippen LogP contribution in [-0.2, 0) is 5.41 Å². The van der Waals surface area contributed by atoms with E-state index in [0.29, 0.717) is 23.3 Å². The summed E-state index contributed by atoms with van der Waals surface area (Å²) in [4.78, 5) is 0. The molecule has 2 atom stereocenters. The Morgan fingerprint density at radius 3 is 1.45 bits per heavy atom. The summed E-state index contributed by atoms with van der Waals surface area (Å²) >= 11 is 0. The minimum Gasteiger partial charge on any atom is -0.508 e. The van der Waals surface area contributed by atoms with E-state index in [1.807, 2.05) is 0 Å². The first-order chi connectivity index (χ1) is 10.5. The van der Waals surface area contributed by atoms with Crippen LogP contribution in [0.3, 0.4) is 0 Å². The Labute approximate surface area is 132 Å². The first kappa shape index (κ1) is 15.0. The maximum Gasteiger partial charge on any atom is 0.115 e. The van der Waals surface area contributed by atoms with Crippen LogP contribution in [0.1, 0.15) is 44.2 Å². The second-order valence-corrected chi connectivity index (χ2v) is 6.70. The molecule has 1 fully saturated rings. The predicted octanol–water partition coefficient (Wildman–Crippen LogP) is 4.84. The highest BCUT2D eigenvalue weighted by molar-refractivity contribution is 5.45. The molecular weight excluding hydrogens is 272 g/mol. The maximum atomic E-state index is 9.64. The van der Waals surface area contributed by atoms with Gasteiger partial charge < -0.3 is 10.2 Å². The summed E-state index contributed by atoms with van der Waals surface area (Å²) in [6, 6.07) is 15.4. The second kappa shape index (κ2) is 5.68. The molecule has 1 aliphatic rings. The average Bonchev–Trinajstić information content (AvgIpc) is 2.51. The Morgan fingerprint density at radius 1 is 0.727 bits per heavy atom. The largest absolute Gasteiger partial charge is 0.508 e. The first-order valence-corrected chi connectivity index (χ1v) is 8.14. The van der Waals surface area contributed by atoms with Crippen molar-refractivity contribution in [3.8, 4) is 11.5 Å². The van der Waals surface area contributed by atoms with Gasteiger partial charge in [-0.1, -0.05) is 44.5 Å². The average molecular weight is 296 g/mol. The molecule has 2 aromatic carbocycles. The fourth-order valence-electron chi connectivity index (χ4n) is 4.45. The van der Waals surface area contributed by atoms with Gasteiger partial charge in [0.25, 0.3) is 0 Å². The van der Waals surface area contributed by atoms with Gasteiger partial charge >= 0.3 is 0 Å². The summed E-state index contributed by atoms with van der Waals surface area (Å²) in [6.45, 7) is 4.66. The molecule has 0 aliphatic heterocycles. The molecular formula is C20H24O2. The fraction of sp³-hybridized carbons (Fsp3) is 0.400. The van der Waals surface area contributed by atoms with Crippen LogP contribution in [0.15, 0.2) is 48.5 Å². The molecule has 0 radical (unpaired) electrons. The van der Waals surface area contributed by atoms with Crippen molar-refractivity contribution in [1.29, 1.82) is 0 Å². The van der Waals surface area contributed by atoms with E-state index in [1.165, 1.54) is 30.4 Å². The lowest BCUT2D eigenvalue weighted by molar-refractivity contribution is 0.167. The summed E-state index contributed by atoms with van der Waals surface area (Å²) < 4.78 is 0. The molecule has 22 heavy (non-hydrogen) atoms. The lowest BCUT2D eigenvalue weighted by Gasteiger charge is -2.48. The van der Waals surface area contributed by atoms with Gasteiger partial charge in [-0.05, 0) is 60.1 Å². The van der Waals surface area contributed by atoms with Crippen molar-refractivity contribution in [3.05, 3.63) is 59.7 Å². The van der Waals surface area contributed by atoms with Crippen molar-refractivity contribution in [3.63, 3.8) is 0 Å². The highest BCUT2D eigenvalue weighted by Gasteiger charge is 2.46. The van der Waals surface area contributed by atoms with E-state index in [-0.39, 0.29) is 5.41 Å². The SMILES string of the molecule is CC1CCCC(C)C1(c1ccc(O)cc1)c1ccc(O)cc1. The van der Waals surface area contributed by atoms with E-state index in [1.54, 1.807) is 24.3 Å². The summed E-state index contributed by atoms with van der Waals surface area (Å²) in [6.07, 6.45) is 3.67. The third-order valence-electron chi connectivity index (χ3n) is 5.52. The van der Waals surface area contributed by atoms with Crippen LogP contribution in [0.4, 0.5) is 0 Å². The van der Waals surface area contributed by atoms with Crippen molar-refractivity contribution in [2.45, 2.75) is 38.5 Å². The number of hydrogen-bond acceptors (Lipinski definition) is 2. The fourth-order valence-corrected chi connectivity index (χ4v) is 4.45. The van der Waals surface area contributed by atoms with Gasteiger partial charge in [-0.15, -0.1) is 0 Å². The molecule has 0 saturated heterocycles. The zero-order valence-corrected chi connectivity index (χ0v) is 13.3. The molecule has 0 aromatic heterocycles. The molecule has 2 nitrogen and oxygen atoms in total. The Bertz CT molecular complexity index is 570. The van der Waals surface area contributed by atoms with E-state index < -0.39 is 0 Å². The van der Waals surface area contributed by atoms with Gasteiger partial charge in [0, 0.05) is 5.41 Å².